The lowest BCUT2D eigenvalue weighted by Gasteiger charge is -2.06. The molecule has 0 saturated carbocycles. The minimum absolute atomic E-state index is 0.293. The maximum Gasteiger partial charge on any atom is 0.331 e. The summed E-state index contributed by atoms with van der Waals surface area (Å²) in [6.07, 6.45) is 3.85. The Morgan fingerprint density at radius 1 is 1.35 bits per heavy atom. The Morgan fingerprint density at radius 2 is 2.18 bits per heavy atom. The lowest BCUT2D eigenvalue weighted by atomic mass is 10.4. The van der Waals surface area contributed by atoms with E-state index in [9.17, 15) is 14.7 Å². The Labute approximate surface area is 95.1 Å². The fourth-order valence-corrected chi connectivity index (χ4v) is 1.47. The molecular formula is C9H11N5O3. The average molecular weight is 237 g/mol. The second-order valence-electron chi connectivity index (χ2n) is 3.47. The number of nitrogens with one attached hydrogen (secondary N) is 1. The highest BCUT2D eigenvalue weighted by Crippen LogP contribution is 2.01. The molecule has 0 aliphatic rings. The number of rotatable bonds is 4. The third-order valence-electron chi connectivity index (χ3n) is 2.25. The molecular weight excluding hydrogens is 226 g/mol. The van der Waals surface area contributed by atoms with Crippen molar-refractivity contribution in [2.24, 2.45) is 0 Å². The predicted octanol–water partition coefficient (Wildman–Crippen LogP) is -1.08. The lowest BCUT2D eigenvalue weighted by molar-refractivity contribution is 0.388. The van der Waals surface area contributed by atoms with Crippen molar-refractivity contribution in [2.45, 2.75) is 19.5 Å². The van der Waals surface area contributed by atoms with E-state index in [1.54, 1.807) is 17.1 Å². The smallest absolute Gasteiger partial charge is 0.331 e. The maximum absolute atomic E-state index is 11.4. The number of hydrogen-bond donors (Lipinski definition) is 2. The first kappa shape index (κ1) is 11.1. The van der Waals surface area contributed by atoms with Crippen LogP contribution in [0, 0.1) is 0 Å². The summed E-state index contributed by atoms with van der Waals surface area (Å²) in [5.74, 6) is -0.336. The number of hydrogen-bond acceptors (Lipinski definition) is 5. The molecule has 2 N–H and O–H groups in total. The zero-order valence-corrected chi connectivity index (χ0v) is 8.91. The summed E-state index contributed by atoms with van der Waals surface area (Å²) >= 11 is 0. The molecule has 0 aliphatic carbocycles. The first-order valence-electron chi connectivity index (χ1n) is 5.04. The van der Waals surface area contributed by atoms with Gasteiger partial charge in [-0.15, -0.1) is 5.10 Å². The lowest BCUT2D eigenvalue weighted by Crippen LogP contribution is -2.29. The molecule has 2 aromatic rings. The van der Waals surface area contributed by atoms with Crippen molar-refractivity contribution < 1.29 is 5.11 Å². The Bertz CT molecular complexity index is 598. The van der Waals surface area contributed by atoms with E-state index in [1.165, 1.54) is 0 Å². The molecule has 0 unspecified atom stereocenters. The number of H-pyrrole nitrogens is 1. The molecule has 2 heterocycles. The number of aromatic nitrogens is 5. The summed E-state index contributed by atoms with van der Waals surface area (Å²) < 4.78 is 2.71. The van der Waals surface area contributed by atoms with Crippen molar-refractivity contribution in [3.05, 3.63) is 39.3 Å². The topological polar surface area (TPSA) is 106 Å². The first-order valence-corrected chi connectivity index (χ1v) is 5.04. The molecule has 0 bridgehead atoms. The zero-order valence-electron chi connectivity index (χ0n) is 8.91. The molecule has 0 fully saturated rings. The quantitative estimate of drug-likeness (QED) is 0.703. The van der Waals surface area contributed by atoms with Crippen LogP contribution in [0.3, 0.4) is 0 Å². The normalized spacial score (nSPS) is 10.6. The molecule has 8 nitrogen and oxygen atoms in total. The van der Waals surface area contributed by atoms with Gasteiger partial charge in [0.25, 0.3) is 5.56 Å². The highest BCUT2D eigenvalue weighted by molar-refractivity contribution is 5.05. The minimum atomic E-state index is -0.617. The third-order valence-corrected chi connectivity index (χ3v) is 2.25. The van der Waals surface area contributed by atoms with Gasteiger partial charge in [0, 0.05) is 19.3 Å². The Kier molecular flexibility index (Phi) is 3.03. The van der Waals surface area contributed by atoms with Crippen LogP contribution in [0.4, 0.5) is 0 Å². The van der Waals surface area contributed by atoms with Crippen LogP contribution >= 0.6 is 0 Å². The van der Waals surface area contributed by atoms with Crippen LogP contribution in [0.15, 0.2) is 28.0 Å². The highest BCUT2D eigenvalue weighted by atomic mass is 16.3. The summed E-state index contributed by atoms with van der Waals surface area (Å²) in [6.45, 7) is 0.867. The van der Waals surface area contributed by atoms with Gasteiger partial charge >= 0.3 is 5.69 Å². The number of aromatic hydroxyl groups is 1. The number of aryl methyl sites for hydroxylation is 1. The van der Waals surface area contributed by atoms with Gasteiger partial charge in [0.15, 0.2) is 0 Å². The molecule has 0 aromatic carbocycles. The Hall–Kier alpha value is -2.38. The van der Waals surface area contributed by atoms with Gasteiger partial charge in [-0.1, -0.05) is 5.21 Å². The van der Waals surface area contributed by atoms with Gasteiger partial charge in [-0.3, -0.25) is 19.0 Å². The standard InChI is InChI=1S/C9H11N5O3/c15-7-6-8(16)14(9(17)11-7)4-1-3-13-5-2-10-12-13/h2,5-6,16H,1,3-4H2,(H,11,15,17). The average Bonchev–Trinajstić information content (AvgIpc) is 2.74. The summed E-state index contributed by atoms with van der Waals surface area (Å²) in [6, 6.07) is 0.969. The van der Waals surface area contributed by atoms with Crippen LogP contribution < -0.4 is 11.2 Å². The van der Waals surface area contributed by atoms with Crippen LogP contribution in [0.2, 0.25) is 0 Å². The Morgan fingerprint density at radius 3 is 2.82 bits per heavy atom. The van der Waals surface area contributed by atoms with Crippen LogP contribution in [0.1, 0.15) is 6.42 Å². The molecule has 0 spiro atoms. The van der Waals surface area contributed by atoms with E-state index in [0.717, 1.165) is 10.6 Å². The van der Waals surface area contributed by atoms with Gasteiger partial charge in [-0.2, -0.15) is 0 Å². The van der Waals surface area contributed by atoms with E-state index >= 15 is 0 Å². The van der Waals surface area contributed by atoms with E-state index in [2.05, 4.69) is 15.3 Å². The maximum atomic E-state index is 11.4. The molecule has 2 rings (SSSR count). The monoisotopic (exact) mass is 237 g/mol. The number of aromatic amines is 1. The molecule has 17 heavy (non-hydrogen) atoms. The van der Waals surface area contributed by atoms with E-state index in [-0.39, 0.29) is 5.88 Å². The van der Waals surface area contributed by atoms with Gasteiger partial charge in [-0.05, 0) is 6.42 Å². The molecule has 0 saturated heterocycles. The largest absolute Gasteiger partial charge is 0.494 e. The summed E-state index contributed by atoms with van der Waals surface area (Å²) in [5.41, 5.74) is -1.23. The summed E-state index contributed by atoms with van der Waals surface area (Å²) in [5, 5.41) is 16.8. The van der Waals surface area contributed by atoms with Gasteiger partial charge in [0.05, 0.1) is 12.3 Å². The Balaban J connectivity index is 2.04. The fraction of sp³-hybridized carbons (Fsp3) is 0.333. The first-order chi connectivity index (χ1) is 8.16. The van der Waals surface area contributed by atoms with E-state index in [4.69, 9.17) is 0 Å². The van der Waals surface area contributed by atoms with Gasteiger partial charge in [-0.25, -0.2) is 4.79 Å². The predicted molar refractivity (Wildman–Crippen MR) is 57.6 cm³/mol. The van der Waals surface area contributed by atoms with Crippen molar-refractivity contribution in [1.29, 1.82) is 0 Å². The van der Waals surface area contributed by atoms with Gasteiger partial charge in [0.2, 0.25) is 5.88 Å². The SMILES string of the molecule is O=c1cc(O)n(CCCn2ccnn2)c(=O)[nH]1. The van der Waals surface area contributed by atoms with Crippen molar-refractivity contribution in [1.82, 2.24) is 24.5 Å². The van der Waals surface area contributed by atoms with Crippen molar-refractivity contribution in [3.8, 4) is 5.88 Å². The van der Waals surface area contributed by atoms with Crippen LogP contribution in [-0.4, -0.2) is 29.7 Å². The molecule has 2 aromatic heterocycles. The van der Waals surface area contributed by atoms with Crippen LogP contribution in [0.5, 0.6) is 5.88 Å². The van der Waals surface area contributed by atoms with E-state index in [0.29, 0.717) is 19.5 Å². The van der Waals surface area contributed by atoms with Crippen molar-refractivity contribution >= 4 is 0 Å². The molecule has 8 heteroatoms. The molecule has 0 aliphatic heterocycles. The zero-order chi connectivity index (χ0) is 12.3. The van der Waals surface area contributed by atoms with E-state index in [1.807, 2.05) is 0 Å². The van der Waals surface area contributed by atoms with Gasteiger partial charge in [0.1, 0.15) is 0 Å². The molecule has 0 amide bonds. The summed E-state index contributed by atoms with van der Waals surface area (Å²) in [4.78, 5) is 24.3. The van der Waals surface area contributed by atoms with Crippen LogP contribution in [-0.2, 0) is 13.1 Å². The van der Waals surface area contributed by atoms with E-state index < -0.39 is 11.2 Å². The second-order valence-corrected chi connectivity index (χ2v) is 3.47. The van der Waals surface area contributed by atoms with Gasteiger partial charge < -0.3 is 5.11 Å². The molecule has 0 atom stereocenters. The second kappa shape index (κ2) is 4.64. The summed E-state index contributed by atoms with van der Waals surface area (Å²) in [7, 11) is 0. The molecule has 90 valence electrons. The van der Waals surface area contributed by atoms with Crippen molar-refractivity contribution in [2.75, 3.05) is 0 Å². The fourth-order valence-electron chi connectivity index (χ4n) is 1.47. The van der Waals surface area contributed by atoms with Crippen molar-refractivity contribution in [3.63, 3.8) is 0 Å². The molecule has 0 radical (unpaired) electrons. The highest BCUT2D eigenvalue weighted by Gasteiger charge is 2.04. The minimum Gasteiger partial charge on any atom is -0.494 e. The van der Waals surface area contributed by atoms with Crippen LogP contribution in [0.25, 0.3) is 0 Å². The number of nitrogens with zero attached hydrogens (tertiary/aromatic N) is 4. The third kappa shape index (κ3) is 2.60.